The third-order valence-corrected chi connectivity index (χ3v) is 20.8. The number of ether oxygens (including phenoxy) is 1. The molecule has 2 spiro atoms. The Bertz CT molecular complexity index is 2090. The molecule has 314 valence electrons. The second-order valence-corrected chi connectivity index (χ2v) is 22.8. The van der Waals surface area contributed by atoms with Crippen molar-refractivity contribution >= 4 is 17.7 Å². The highest BCUT2D eigenvalue weighted by Crippen LogP contribution is 2.79. The summed E-state index contributed by atoms with van der Waals surface area (Å²) in [6.07, 6.45) is 14.8. The third kappa shape index (κ3) is 4.39. The van der Waals surface area contributed by atoms with Crippen molar-refractivity contribution in [1.29, 1.82) is 0 Å². The highest BCUT2D eigenvalue weighted by Gasteiger charge is 2.78. The van der Waals surface area contributed by atoms with Crippen LogP contribution in [0.3, 0.4) is 0 Å². The van der Waals surface area contributed by atoms with Crippen molar-refractivity contribution < 1.29 is 38.1 Å². The molecule has 8 fully saturated rings. The second kappa shape index (κ2) is 11.7. The fourth-order valence-electron chi connectivity index (χ4n) is 16.4. The van der Waals surface area contributed by atoms with Crippen LogP contribution in [-0.4, -0.2) is 63.2 Å². The summed E-state index contributed by atoms with van der Waals surface area (Å²) < 4.78 is 35.3. The van der Waals surface area contributed by atoms with Gasteiger partial charge in [0.2, 0.25) is 0 Å². The van der Waals surface area contributed by atoms with E-state index in [0.29, 0.717) is 68.9 Å². The van der Waals surface area contributed by atoms with E-state index in [4.69, 9.17) is 4.74 Å². The first-order valence-electron chi connectivity index (χ1n) is 22.4. The molecule has 1 aliphatic heterocycles. The summed E-state index contributed by atoms with van der Waals surface area (Å²) in [5.41, 5.74) is -5.61. The van der Waals surface area contributed by atoms with Gasteiger partial charge in [-0.1, -0.05) is 59.8 Å². The molecule has 6 bridgehead atoms. The first-order valence-corrected chi connectivity index (χ1v) is 22.4. The van der Waals surface area contributed by atoms with E-state index in [1.807, 2.05) is 25.7 Å². The number of carbonyl (C=O) groups excluding carboxylic acids is 3. The molecule has 1 heterocycles. The molecule has 58 heavy (non-hydrogen) atoms. The minimum absolute atomic E-state index is 0.0229. The van der Waals surface area contributed by atoms with Gasteiger partial charge in [-0.2, -0.15) is 0 Å². The van der Waals surface area contributed by atoms with Crippen LogP contribution < -0.4 is 0 Å². The van der Waals surface area contributed by atoms with E-state index in [2.05, 4.69) is 45.9 Å². The number of allylic oxidation sites excluding steroid dienone is 4. The van der Waals surface area contributed by atoms with E-state index in [0.717, 1.165) is 44.2 Å². The lowest BCUT2D eigenvalue weighted by Crippen LogP contribution is -2.68. The smallest absolute Gasteiger partial charge is 0.313 e. The quantitative estimate of drug-likeness (QED) is 0.163. The number of carbonyl (C=O) groups is 3. The molecule has 13 atom stereocenters. The van der Waals surface area contributed by atoms with Gasteiger partial charge in [0.1, 0.15) is 0 Å². The molecule has 12 rings (SSSR count). The van der Waals surface area contributed by atoms with Crippen molar-refractivity contribution in [2.24, 2.45) is 67.5 Å². The molecule has 1 aromatic rings. The SMILES string of the molecule is CC1(C)C2CCC(CN(CC3(O)CCC4C56C=CC7(C=C5C(=O)c5ccc(F)c(F)c5)CC(O)CCC7(C)C6CCC43C)C(=O)C34CCC(C)(C(=O)O3)C4(C)C)C1C2. The maximum Gasteiger partial charge on any atom is 0.313 e. The predicted molar refractivity (Wildman–Crippen MR) is 214 cm³/mol. The van der Waals surface area contributed by atoms with E-state index in [1.165, 1.54) is 6.07 Å². The van der Waals surface area contributed by atoms with Gasteiger partial charge >= 0.3 is 5.97 Å². The highest BCUT2D eigenvalue weighted by molar-refractivity contribution is 6.10. The zero-order valence-corrected chi connectivity index (χ0v) is 35.6. The Morgan fingerprint density at radius 3 is 2.22 bits per heavy atom. The number of fused-ring (bicyclic) bond motifs is 5. The van der Waals surface area contributed by atoms with Crippen molar-refractivity contribution in [2.45, 2.75) is 143 Å². The van der Waals surface area contributed by atoms with Crippen LogP contribution in [0.5, 0.6) is 0 Å². The molecule has 1 amide bonds. The predicted octanol–water partition coefficient (Wildman–Crippen LogP) is 8.76. The number of ketones is 1. The summed E-state index contributed by atoms with van der Waals surface area (Å²) in [4.78, 5) is 45.9. The lowest BCUT2D eigenvalue weighted by Gasteiger charge is -2.71. The van der Waals surface area contributed by atoms with Crippen LogP contribution in [0.15, 0.2) is 42.0 Å². The maximum absolute atomic E-state index is 15.5. The largest absolute Gasteiger partial charge is 0.448 e. The fourth-order valence-corrected chi connectivity index (χ4v) is 16.4. The Kier molecular flexibility index (Phi) is 7.92. The average Bonchev–Trinajstić information content (AvgIpc) is 3.62. The minimum atomic E-state index is -1.32. The number of aliphatic hydroxyl groups excluding tert-OH is 1. The molecule has 10 aliphatic carbocycles. The zero-order chi connectivity index (χ0) is 41.4. The van der Waals surface area contributed by atoms with Crippen LogP contribution in [-0.2, 0) is 14.3 Å². The van der Waals surface area contributed by atoms with Crippen LogP contribution in [0.4, 0.5) is 8.78 Å². The normalized spacial score (nSPS) is 48.3. The summed E-state index contributed by atoms with van der Waals surface area (Å²) in [5, 5.41) is 24.6. The van der Waals surface area contributed by atoms with Crippen LogP contribution >= 0.6 is 0 Å². The molecule has 7 nitrogen and oxygen atoms in total. The van der Waals surface area contributed by atoms with Crippen molar-refractivity contribution in [2.75, 3.05) is 13.1 Å². The standard InChI is InChI=1S/C49H63F2NO6/c1-41(2)30-10-8-29(32(41)23-30)26-52(39(55)49-21-18-45(7,40(56)58-49)42(49,3)4)27-47(57)17-14-37-44(47,6)16-13-36-43(5)15-12-31(53)24-46(43)19-20-48(36,37)33(25-46)38(54)28-9-11-34(50)35(51)22-28/h9,11,19-20,22,25,29-32,36-37,53,57H,8,10,12-18,21,23-24,26-27H2,1-7H3. The van der Waals surface area contributed by atoms with Crippen molar-refractivity contribution in [3.05, 3.63) is 59.2 Å². The van der Waals surface area contributed by atoms with Crippen LogP contribution in [0, 0.1) is 79.1 Å². The third-order valence-electron chi connectivity index (χ3n) is 20.8. The average molecular weight is 800 g/mol. The van der Waals surface area contributed by atoms with Gasteiger partial charge < -0.3 is 19.8 Å². The Labute approximate surface area is 342 Å². The maximum atomic E-state index is 15.5. The van der Waals surface area contributed by atoms with E-state index < -0.39 is 56.0 Å². The summed E-state index contributed by atoms with van der Waals surface area (Å²) in [6.45, 7) is 15.8. The highest BCUT2D eigenvalue weighted by atomic mass is 19.2. The van der Waals surface area contributed by atoms with E-state index in [1.54, 1.807) is 0 Å². The number of esters is 1. The van der Waals surface area contributed by atoms with Gasteiger partial charge in [0.15, 0.2) is 23.0 Å². The van der Waals surface area contributed by atoms with E-state index in [9.17, 15) is 28.6 Å². The number of benzene rings is 1. The number of hydrogen-bond acceptors (Lipinski definition) is 6. The van der Waals surface area contributed by atoms with Crippen molar-refractivity contribution in [1.82, 2.24) is 4.90 Å². The summed E-state index contributed by atoms with van der Waals surface area (Å²) in [6, 6.07) is 3.38. The Balaban J connectivity index is 1.06. The van der Waals surface area contributed by atoms with Gasteiger partial charge in [-0.15, -0.1) is 0 Å². The Morgan fingerprint density at radius 2 is 1.57 bits per heavy atom. The number of hydrogen-bond donors (Lipinski definition) is 2. The molecule has 1 saturated heterocycles. The summed E-state index contributed by atoms with van der Waals surface area (Å²) in [7, 11) is 0. The van der Waals surface area contributed by atoms with Crippen LogP contribution in [0.25, 0.3) is 0 Å². The summed E-state index contributed by atoms with van der Waals surface area (Å²) in [5.74, 6) is -1.63. The van der Waals surface area contributed by atoms with E-state index in [-0.39, 0.29) is 58.4 Å². The van der Waals surface area contributed by atoms with Gasteiger partial charge in [-0.05, 0) is 143 Å². The molecule has 0 radical (unpaired) electrons. The zero-order valence-electron chi connectivity index (χ0n) is 35.6. The topological polar surface area (TPSA) is 104 Å². The number of halogens is 2. The number of amides is 1. The van der Waals surface area contributed by atoms with Gasteiger partial charge in [0.25, 0.3) is 5.91 Å². The molecule has 9 heteroatoms. The van der Waals surface area contributed by atoms with Crippen LogP contribution in [0.2, 0.25) is 0 Å². The van der Waals surface area contributed by atoms with Crippen molar-refractivity contribution in [3.8, 4) is 0 Å². The summed E-state index contributed by atoms with van der Waals surface area (Å²) >= 11 is 0. The van der Waals surface area contributed by atoms with Gasteiger partial charge in [0.05, 0.1) is 23.7 Å². The number of aliphatic hydroxyl groups is 2. The molecule has 1 aromatic carbocycles. The molecule has 2 N–H and O–H groups in total. The number of nitrogens with zero attached hydrogens (tertiary/aromatic N) is 1. The van der Waals surface area contributed by atoms with Gasteiger partial charge in [-0.25, -0.2) is 8.78 Å². The molecule has 7 saturated carbocycles. The minimum Gasteiger partial charge on any atom is -0.448 e. The molecular weight excluding hydrogens is 737 g/mol. The van der Waals surface area contributed by atoms with Gasteiger partial charge in [-0.3, -0.25) is 14.4 Å². The van der Waals surface area contributed by atoms with E-state index >= 15 is 4.79 Å². The Hall–Kier alpha value is -2.91. The molecule has 0 aromatic heterocycles. The first kappa shape index (κ1) is 39.2. The Morgan fingerprint density at radius 1 is 0.862 bits per heavy atom. The monoisotopic (exact) mass is 799 g/mol. The lowest BCUT2D eigenvalue weighted by atomic mass is 9.32. The second-order valence-electron chi connectivity index (χ2n) is 22.8. The fraction of sp³-hybridized carbons (Fsp3) is 0.735. The molecule has 11 aliphatic rings. The first-order chi connectivity index (χ1) is 27.1. The van der Waals surface area contributed by atoms with Crippen LogP contribution in [0.1, 0.15) is 136 Å². The van der Waals surface area contributed by atoms with Crippen molar-refractivity contribution in [3.63, 3.8) is 0 Å². The van der Waals surface area contributed by atoms with Gasteiger partial charge in [0, 0.05) is 39.3 Å². The molecule has 13 unspecified atom stereocenters. The molecular formula is C49H63F2NO6. The lowest BCUT2D eigenvalue weighted by molar-refractivity contribution is -0.190. The number of Topliss-reactive ketones (excluding diaryl/α,β-unsaturated/α-hetero) is 1. The number of rotatable bonds is 7.